The summed E-state index contributed by atoms with van der Waals surface area (Å²) in [4.78, 5) is 0. The maximum Gasteiger partial charge on any atom is 0.0773 e. The largest absolute Gasteiger partial charge is 0.381 e. The van der Waals surface area contributed by atoms with Crippen LogP contribution in [0.4, 0.5) is 0 Å². The molecule has 1 aliphatic heterocycles. The van der Waals surface area contributed by atoms with Gasteiger partial charge in [-0.05, 0) is 39.0 Å². The van der Waals surface area contributed by atoms with Gasteiger partial charge in [0.25, 0.3) is 0 Å². The van der Waals surface area contributed by atoms with Crippen molar-refractivity contribution in [3.63, 3.8) is 0 Å². The zero-order chi connectivity index (χ0) is 10.6. The number of hydrogen-bond donors (Lipinski definition) is 1. The molecule has 1 fully saturated rings. The topological polar surface area (TPSA) is 44.5 Å². The number of ether oxygens (including phenoxy) is 2. The maximum atomic E-state index is 6.13. The van der Waals surface area contributed by atoms with Gasteiger partial charge in [-0.1, -0.05) is 0 Å². The zero-order valence-corrected chi connectivity index (χ0v) is 9.58. The Morgan fingerprint density at radius 1 is 1.43 bits per heavy atom. The number of nitrogens with two attached hydrogens (primary N) is 1. The molecule has 1 heterocycles. The van der Waals surface area contributed by atoms with Crippen molar-refractivity contribution in [2.45, 2.75) is 44.8 Å². The van der Waals surface area contributed by atoms with Crippen molar-refractivity contribution in [2.24, 2.45) is 11.7 Å². The van der Waals surface area contributed by atoms with E-state index in [1.54, 1.807) is 7.11 Å². The number of methoxy groups -OCH3 is 1. The molecule has 84 valence electrons. The zero-order valence-electron chi connectivity index (χ0n) is 9.58. The Labute approximate surface area is 86.9 Å². The molecular weight excluding hydrogens is 178 g/mol. The fourth-order valence-corrected chi connectivity index (χ4v) is 1.78. The van der Waals surface area contributed by atoms with Crippen LogP contribution in [0.15, 0.2) is 0 Å². The molecule has 1 rings (SSSR count). The van der Waals surface area contributed by atoms with Crippen molar-refractivity contribution in [1.82, 2.24) is 0 Å². The molecule has 14 heavy (non-hydrogen) atoms. The van der Waals surface area contributed by atoms with Crippen LogP contribution in [0.5, 0.6) is 0 Å². The van der Waals surface area contributed by atoms with E-state index in [9.17, 15) is 0 Å². The van der Waals surface area contributed by atoms with E-state index in [0.717, 1.165) is 32.5 Å². The van der Waals surface area contributed by atoms with Crippen molar-refractivity contribution in [2.75, 3.05) is 20.3 Å². The second-order valence-electron chi connectivity index (χ2n) is 4.71. The quantitative estimate of drug-likeness (QED) is 0.750. The van der Waals surface area contributed by atoms with Crippen LogP contribution in [-0.2, 0) is 9.47 Å². The molecule has 1 unspecified atom stereocenters. The Balaban J connectivity index is 2.34. The first kappa shape index (κ1) is 12.0. The Morgan fingerprint density at radius 2 is 2.00 bits per heavy atom. The van der Waals surface area contributed by atoms with Gasteiger partial charge >= 0.3 is 0 Å². The SMILES string of the molecule is COC(C)(C)C(N)CC1CCOCC1. The van der Waals surface area contributed by atoms with Crippen LogP contribution in [-0.4, -0.2) is 32.0 Å². The summed E-state index contributed by atoms with van der Waals surface area (Å²) in [7, 11) is 1.73. The summed E-state index contributed by atoms with van der Waals surface area (Å²) in [6.45, 7) is 5.89. The first-order chi connectivity index (χ1) is 6.56. The number of hydrogen-bond acceptors (Lipinski definition) is 3. The van der Waals surface area contributed by atoms with Crippen LogP contribution in [0.3, 0.4) is 0 Å². The third kappa shape index (κ3) is 3.23. The first-order valence-electron chi connectivity index (χ1n) is 5.44. The lowest BCUT2D eigenvalue weighted by Crippen LogP contribution is -2.46. The summed E-state index contributed by atoms with van der Waals surface area (Å²) in [5.41, 5.74) is 5.92. The van der Waals surface area contributed by atoms with Gasteiger partial charge in [0.1, 0.15) is 0 Å². The van der Waals surface area contributed by atoms with Crippen molar-refractivity contribution in [1.29, 1.82) is 0 Å². The summed E-state index contributed by atoms with van der Waals surface area (Å²) in [6.07, 6.45) is 3.34. The molecule has 0 amide bonds. The van der Waals surface area contributed by atoms with Crippen molar-refractivity contribution in [3.05, 3.63) is 0 Å². The highest BCUT2D eigenvalue weighted by atomic mass is 16.5. The molecule has 1 atom stereocenters. The minimum absolute atomic E-state index is 0.121. The fourth-order valence-electron chi connectivity index (χ4n) is 1.78. The van der Waals surface area contributed by atoms with Gasteiger partial charge in [-0.3, -0.25) is 0 Å². The monoisotopic (exact) mass is 201 g/mol. The highest BCUT2D eigenvalue weighted by Crippen LogP contribution is 2.24. The maximum absolute atomic E-state index is 6.13. The second-order valence-corrected chi connectivity index (χ2v) is 4.71. The van der Waals surface area contributed by atoms with Gasteiger partial charge in [-0.15, -0.1) is 0 Å². The van der Waals surface area contributed by atoms with E-state index in [1.807, 2.05) is 0 Å². The van der Waals surface area contributed by atoms with Crippen LogP contribution < -0.4 is 5.73 Å². The average Bonchev–Trinajstić information content (AvgIpc) is 2.19. The van der Waals surface area contributed by atoms with Crippen LogP contribution in [0.25, 0.3) is 0 Å². The highest BCUT2D eigenvalue weighted by Gasteiger charge is 2.28. The Hall–Kier alpha value is -0.120. The van der Waals surface area contributed by atoms with Crippen molar-refractivity contribution >= 4 is 0 Å². The Morgan fingerprint density at radius 3 is 2.50 bits per heavy atom. The average molecular weight is 201 g/mol. The minimum atomic E-state index is -0.210. The summed E-state index contributed by atoms with van der Waals surface area (Å²) < 4.78 is 10.7. The molecular formula is C11H23NO2. The van der Waals surface area contributed by atoms with E-state index in [4.69, 9.17) is 15.2 Å². The Kier molecular flexibility index (Phi) is 4.35. The van der Waals surface area contributed by atoms with E-state index >= 15 is 0 Å². The van der Waals surface area contributed by atoms with Crippen LogP contribution in [0.2, 0.25) is 0 Å². The van der Waals surface area contributed by atoms with Gasteiger partial charge in [-0.2, -0.15) is 0 Å². The summed E-state index contributed by atoms with van der Waals surface area (Å²) in [5, 5.41) is 0. The lowest BCUT2D eigenvalue weighted by Gasteiger charge is -2.33. The van der Waals surface area contributed by atoms with Crippen molar-refractivity contribution < 1.29 is 9.47 Å². The molecule has 0 spiro atoms. The van der Waals surface area contributed by atoms with Crippen LogP contribution >= 0.6 is 0 Å². The third-order valence-electron chi connectivity index (χ3n) is 3.35. The van der Waals surface area contributed by atoms with E-state index in [2.05, 4.69) is 13.8 Å². The lowest BCUT2D eigenvalue weighted by molar-refractivity contribution is -0.0134. The first-order valence-corrected chi connectivity index (χ1v) is 5.44. The molecule has 0 aliphatic carbocycles. The van der Waals surface area contributed by atoms with E-state index in [-0.39, 0.29) is 11.6 Å². The second kappa shape index (κ2) is 5.10. The van der Waals surface area contributed by atoms with E-state index < -0.39 is 0 Å². The summed E-state index contributed by atoms with van der Waals surface area (Å²) in [6, 6.07) is 0.121. The van der Waals surface area contributed by atoms with Crippen LogP contribution in [0, 0.1) is 5.92 Å². The molecule has 0 radical (unpaired) electrons. The molecule has 3 heteroatoms. The molecule has 1 saturated heterocycles. The molecule has 0 bridgehead atoms. The smallest absolute Gasteiger partial charge is 0.0773 e. The summed E-state index contributed by atoms with van der Waals surface area (Å²) in [5.74, 6) is 0.716. The minimum Gasteiger partial charge on any atom is -0.381 e. The van der Waals surface area contributed by atoms with Gasteiger partial charge in [0.05, 0.1) is 5.60 Å². The van der Waals surface area contributed by atoms with Gasteiger partial charge < -0.3 is 15.2 Å². The van der Waals surface area contributed by atoms with E-state index in [1.165, 1.54) is 0 Å². The predicted octanol–water partition coefficient (Wildman–Crippen LogP) is 1.56. The molecule has 0 aromatic carbocycles. The van der Waals surface area contributed by atoms with Crippen molar-refractivity contribution in [3.8, 4) is 0 Å². The normalized spacial score (nSPS) is 22.3. The lowest BCUT2D eigenvalue weighted by atomic mass is 9.86. The molecule has 0 aromatic rings. The molecule has 2 N–H and O–H groups in total. The molecule has 1 aliphatic rings. The van der Waals surface area contributed by atoms with Gasteiger partial charge in [-0.25, -0.2) is 0 Å². The van der Waals surface area contributed by atoms with Gasteiger partial charge in [0, 0.05) is 26.4 Å². The fraction of sp³-hybridized carbons (Fsp3) is 1.00. The standard InChI is InChI=1S/C11H23NO2/c1-11(2,13-3)10(12)8-9-4-6-14-7-5-9/h9-10H,4-8,12H2,1-3H3. The molecule has 0 aromatic heterocycles. The molecule has 3 nitrogen and oxygen atoms in total. The molecule has 0 saturated carbocycles. The predicted molar refractivity (Wildman–Crippen MR) is 57.2 cm³/mol. The number of rotatable bonds is 4. The van der Waals surface area contributed by atoms with Crippen LogP contribution in [0.1, 0.15) is 33.1 Å². The van der Waals surface area contributed by atoms with E-state index in [0.29, 0.717) is 5.92 Å². The highest BCUT2D eigenvalue weighted by molar-refractivity contribution is 4.84. The summed E-state index contributed by atoms with van der Waals surface area (Å²) >= 11 is 0. The third-order valence-corrected chi connectivity index (χ3v) is 3.35. The van der Waals surface area contributed by atoms with Gasteiger partial charge in [0.2, 0.25) is 0 Å². The Bertz CT molecular complexity index is 165. The van der Waals surface area contributed by atoms with Gasteiger partial charge in [0.15, 0.2) is 0 Å².